The van der Waals surface area contributed by atoms with Crippen LogP contribution in [-0.4, -0.2) is 118 Å². The molecule has 0 amide bonds. The molecule has 0 bridgehead atoms. The van der Waals surface area contributed by atoms with Gasteiger partial charge in [-0.2, -0.15) is 0 Å². The van der Waals surface area contributed by atoms with E-state index in [-0.39, 0.29) is 69.1 Å². The van der Waals surface area contributed by atoms with Gasteiger partial charge >= 0.3 is 181 Å². The molecule has 3 atom stereocenters. The molecule has 0 spiro atoms. The van der Waals surface area contributed by atoms with E-state index in [1.54, 1.807) is 4.68 Å². The van der Waals surface area contributed by atoms with Gasteiger partial charge in [0.15, 0.2) is 19.7 Å². The molecule has 13 nitrogen and oxygen atoms in total. The summed E-state index contributed by atoms with van der Waals surface area (Å²) in [6.45, 7) is 5.83. The summed E-state index contributed by atoms with van der Waals surface area (Å²) >= 11 is -2.48. The van der Waals surface area contributed by atoms with Gasteiger partial charge in [-0.05, 0) is 76.4 Å². The first-order valence-corrected chi connectivity index (χ1v) is 39.0. The van der Waals surface area contributed by atoms with E-state index in [4.69, 9.17) is 4.74 Å². The molecule has 2 aromatic heterocycles. The van der Waals surface area contributed by atoms with Crippen molar-refractivity contribution in [2.45, 2.75) is 166 Å². The number of aryl methyl sites for hydroxylation is 3. The van der Waals surface area contributed by atoms with Crippen LogP contribution in [0.25, 0.3) is 43.6 Å². The summed E-state index contributed by atoms with van der Waals surface area (Å²) in [5.41, 5.74) is 3.84. The number of unbranched alkanes of at least 4 members (excludes halogenated alkanes) is 4. The zero-order valence-corrected chi connectivity index (χ0v) is 52.2. The van der Waals surface area contributed by atoms with Crippen LogP contribution in [0, 0.1) is 5.92 Å². The molecule has 17 heteroatoms. The van der Waals surface area contributed by atoms with Gasteiger partial charge < -0.3 is 4.74 Å². The van der Waals surface area contributed by atoms with Crippen molar-refractivity contribution < 1.29 is 30.0 Å². The molecule has 0 aliphatic carbocycles. The molecule has 9 rings (SSSR count). The Bertz CT molecular complexity index is 3710. The zero-order valence-electron chi connectivity index (χ0n) is 46.3. The number of hydrogen-bond acceptors (Lipinski definition) is 11. The average molecular weight is 1430 g/mol. The Morgan fingerprint density at radius 3 is 1.67 bits per heavy atom. The first kappa shape index (κ1) is 74.8. The number of rotatable bonds is 32. The third-order valence-corrected chi connectivity index (χ3v) is 30.9. The summed E-state index contributed by atoms with van der Waals surface area (Å²) in [7, 11) is -11.6. The van der Waals surface area contributed by atoms with Crippen LogP contribution in [0.15, 0.2) is 152 Å². The second kappa shape index (κ2) is 34.9. The molecule has 9 aromatic rings. The van der Waals surface area contributed by atoms with Crippen LogP contribution < -0.4 is 9.81 Å². The van der Waals surface area contributed by atoms with Crippen molar-refractivity contribution in [1.29, 1.82) is 0 Å². The number of sulfone groups is 3. The fourth-order valence-corrected chi connectivity index (χ4v) is 27.0. The number of hydrogen-bond donors (Lipinski definition) is 0. The van der Waals surface area contributed by atoms with Gasteiger partial charge in [-0.25, -0.2) is 25.3 Å². The van der Waals surface area contributed by atoms with Crippen LogP contribution in [0.4, 0.5) is 0 Å². The van der Waals surface area contributed by atoms with Crippen LogP contribution in [0.2, 0.25) is 0 Å². The number of benzene rings is 7. The van der Waals surface area contributed by atoms with Gasteiger partial charge in [0.2, 0.25) is 0 Å². The summed E-state index contributed by atoms with van der Waals surface area (Å²) in [5.74, 6) is -1.51. The first-order valence-electron chi connectivity index (χ1n) is 28.3. The Hall–Kier alpha value is -5.45. The Balaban J connectivity index is 0.00000323. The monoisotopic (exact) mass is 1430 g/mol. The Labute approximate surface area is 525 Å². The van der Waals surface area contributed by atoms with Gasteiger partial charge in [0.25, 0.3) is 0 Å². The van der Waals surface area contributed by atoms with Crippen molar-refractivity contribution in [1.82, 2.24) is 30.0 Å². The summed E-state index contributed by atoms with van der Waals surface area (Å²) in [5, 5.41) is 22.9. The fraction of sp³-hybridized carbons (Fsp3) is 0.449. The van der Waals surface area contributed by atoms with E-state index in [2.05, 4.69) is 160 Å². The SMILES string of the molecule is C.C.C.C.C.C.CCCCC(CS(C)(=O)=O)S(=O)(=O)CC(CCCCn1cc(COCCCCc2ccc3ccc4cccc5ccc2c3c45)nn1)S(=O)(=O)CC(C)CCCCn1cc(-c2cc[c]([Bi]([c]3ccccc3)[c]3ccccc3)cc2)nn1. The van der Waals surface area contributed by atoms with E-state index in [1.807, 2.05) is 30.9 Å². The molecular formula is C69H99BiN6O7S3. The van der Waals surface area contributed by atoms with Gasteiger partial charge in [-0.1, -0.05) is 137 Å². The van der Waals surface area contributed by atoms with E-state index >= 15 is 0 Å². The van der Waals surface area contributed by atoms with Crippen molar-refractivity contribution >= 4 is 93.4 Å². The standard InChI is InChI=1S/C51H65N6O7S3.2C6H5.6CH4.Bi/c1-4-5-22-46(37-65(3,58)59)67(62,63)38-47(66(60,61)36-39(2)16-9-12-31-57-34-49(53-55-57)41-18-7-6-8-19-41)23-10-13-30-56-33-45(52-54-56)35-64-32-14-11-17-40-24-25-44-27-26-42-20-15-21-43-28-29-48(40)51(44)50(42)43;2*1-2-4-6-5-3-1;;;;;;;/h7-8,15,18-21,24-29,33-34,39,46-47H,4-5,9-14,16-17,22-23,30-32,35-38H2,1-3H3;2*1-5H;6*1H4;. The summed E-state index contributed by atoms with van der Waals surface area (Å²) in [6.07, 6.45) is 12.3. The van der Waals surface area contributed by atoms with Crippen molar-refractivity contribution in [3.8, 4) is 11.3 Å². The van der Waals surface area contributed by atoms with E-state index in [0.29, 0.717) is 64.1 Å². The normalized spacial score (nSPS) is 12.7. The third-order valence-electron chi connectivity index (χ3n) is 15.2. The van der Waals surface area contributed by atoms with E-state index in [0.717, 1.165) is 49.6 Å². The van der Waals surface area contributed by atoms with Crippen LogP contribution in [0.1, 0.15) is 140 Å². The summed E-state index contributed by atoms with van der Waals surface area (Å²) in [4.78, 5) is 0. The molecule has 86 heavy (non-hydrogen) atoms. The maximum absolute atomic E-state index is 14.3. The Kier molecular flexibility index (Phi) is 30.4. The predicted octanol–water partition coefficient (Wildman–Crippen LogP) is 13.8. The molecule has 0 saturated carbocycles. The minimum atomic E-state index is -4.09. The first-order chi connectivity index (χ1) is 38.6. The molecular weight excluding hydrogens is 1330 g/mol. The molecule has 3 unspecified atom stereocenters. The quantitative estimate of drug-likeness (QED) is 0.0223. The maximum atomic E-state index is 14.3. The number of ether oxygens (including phenoxy) is 1. The van der Waals surface area contributed by atoms with Crippen molar-refractivity contribution in [3.63, 3.8) is 0 Å². The molecule has 0 aliphatic rings. The number of nitrogens with zero attached hydrogens (tertiary/aromatic N) is 6. The average Bonchev–Trinajstić information content (AvgIpc) is 0.981. The molecule has 0 aliphatic heterocycles. The van der Waals surface area contributed by atoms with Gasteiger partial charge in [0.1, 0.15) is 15.5 Å². The van der Waals surface area contributed by atoms with Gasteiger partial charge in [0.05, 0.1) is 40.6 Å². The summed E-state index contributed by atoms with van der Waals surface area (Å²) in [6, 6.07) is 50.2. The van der Waals surface area contributed by atoms with Crippen LogP contribution in [0.3, 0.4) is 0 Å². The minimum absolute atomic E-state index is 0. The van der Waals surface area contributed by atoms with E-state index < -0.39 is 73.3 Å². The van der Waals surface area contributed by atoms with Crippen molar-refractivity contribution in [2.75, 3.05) is 30.1 Å². The van der Waals surface area contributed by atoms with Gasteiger partial charge in [-0.15, -0.1) is 5.10 Å². The predicted molar refractivity (Wildman–Crippen MR) is 367 cm³/mol. The Morgan fingerprint density at radius 1 is 0.512 bits per heavy atom. The van der Waals surface area contributed by atoms with E-state index in [1.165, 1.54) is 47.7 Å². The van der Waals surface area contributed by atoms with Gasteiger partial charge in [-0.3, -0.25) is 4.68 Å². The molecule has 7 aromatic carbocycles. The zero-order chi connectivity index (χ0) is 56.1. The molecule has 0 fully saturated rings. The van der Waals surface area contributed by atoms with E-state index in [9.17, 15) is 25.3 Å². The van der Waals surface area contributed by atoms with Gasteiger partial charge in [0, 0.05) is 19.4 Å². The molecule has 470 valence electrons. The molecule has 2 heterocycles. The van der Waals surface area contributed by atoms with Crippen LogP contribution in [-0.2, 0) is 60.4 Å². The second-order valence-corrected chi connectivity index (χ2v) is 37.2. The molecule has 0 radical (unpaired) electrons. The molecule has 0 N–H and O–H groups in total. The van der Waals surface area contributed by atoms with Crippen LogP contribution >= 0.6 is 0 Å². The fourth-order valence-electron chi connectivity index (χ4n) is 11.1. The van der Waals surface area contributed by atoms with Crippen molar-refractivity contribution in [2.24, 2.45) is 5.92 Å². The topological polar surface area (TPSA) is 173 Å². The Morgan fingerprint density at radius 2 is 1.05 bits per heavy atom. The second-order valence-electron chi connectivity index (χ2n) is 21.7. The third kappa shape index (κ3) is 20.0. The number of aromatic nitrogens is 6. The van der Waals surface area contributed by atoms with Crippen molar-refractivity contribution in [3.05, 3.63) is 163 Å². The molecule has 0 saturated heterocycles. The van der Waals surface area contributed by atoms with Crippen LogP contribution in [0.5, 0.6) is 0 Å². The summed E-state index contributed by atoms with van der Waals surface area (Å²) < 4.78 is 95.4.